The summed E-state index contributed by atoms with van der Waals surface area (Å²) in [6, 6.07) is 6.63. The van der Waals surface area contributed by atoms with Crippen LogP contribution in [0, 0.1) is 0 Å². The monoisotopic (exact) mass is 317 g/mol. The van der Waals surface area contributed by atoms with Crippen LogP contribution in [0.3, 0.4) is 0 Å². The number of anilines is 1. The molecule has 1 heterocycles. The Labute approximate surface area is 105 Å². The van der Waals surface area contributed by atoms with E-state index in [9.17, 15) is 5.11 Å². The fraction of sp³-hybridized carbons (Fsp3) is 0.500. The predicted octanol–water partition coefficient (Wildman–Crippen LogP) is 3.02. The molecular formula is C12H16INO. The molecule has 0 saturated carbocycles. The maximum Gasteiger partial charge on any atom is 0.0685 e. The lowest BCUT2D eigenvalue weighted by Gasteiger charge is -2.27. The fourth-order valence-electron chi connectivity index (χ4n) is 2.34. The number of fused-ring (bicyclic) bond motifs is 1. The maximum atomic E-state index is 9.39. The second-order valence-electron chi connectivity index (χ2n) is 4.68. The van der Waals surface area contributed by atoms with E-state index in [1.807, 2.05) is 12.1 Å². The van der Waals surface area contributed by atoms with Crippen molar-refractivity contribution in [2.75, 3.05) is 3.11 Å². The molecule has 1 aliphatic rings. The molecular weight excluding hydrogens is 301 g/mol. The molecule has 0 bridgehead atoms. The number of hydrogen-bond acceptors (Lipinski definition) is 2. The van der Waals surface area contributed by atoms with E-state index in [4.69, 9.17) is 0 Å². The molecule has 2 rings (SSSR count). The topological polar surface area (TPSA) is 23.5 Å². The lowest BCUT2D eigenvalue weighted by molar-refractivity contribution is 0.278. The van der Waals surface area contributed by atoms with E-state index in [1.54, 1.807) is 0 Å². The van der Waals surface area contributed by atoms with E-state index in [0.29, 0.717) is 6.04 Å². The van der Waals surface area contributed by atoms with E-state index in [-0.39, 0.29) is 12.0 Å². The van der Waals surface area contributed by atoms with Crippen molar-refractivity contribution < 1.29 is 5.11 Å². The molecule has 1 atom stereocenters. The molecule has 0 aromatic heterocycles. The summed E-state index contributed by atoms with van der Waals surface area (Å²) in [5, 5.41) is 9.39. The first-order valence-electron chi connectivity index (χ1n) is 5.18. The van der Waals surface area contributed by atoms with Crippen LogP contribution in [0.2, 0.25) is 0 Å². The minimum Gasteiger partial charge on any atom is -0.392 e. The van der Waals surface area contributed by atoms with Crippen molar-refractivity contribution in [1.29, 1.82) is 0 Å². The van der Waals surface area contributed by atoms with Crippen molar-refractivity contribution in [3.8, 4) is 0 Å². The van der Waals surface area contributed by atoms with Crippen molar-refractivity contribution in [2.45, 2.75) is 38.8 Å². The number of nitrogens with zero attached hydrogens (tertiary/aromatic N) is 1. The molecule has 0 aliphatic carbocycles. The average Bonchev–Trinajstić information content (AvgIpc) is 2.41. The van der Waals surface area contributed by atoms with Crippen LogP contribution in [0.4, 0.5) is 5.69 Å². The van der Waals surface area contributed by atoms with Crippen molar-refractivity contribution in [1.82, 2.24) is 0 Å². The van der Waals surface area contributed by atoms with Gasteiger partial charge in [-0.1, -0.05) is 26.0 Å². The largest absolute Gasteiger partial charge is 0.392 e. The number of halogens is 1. The number of aliphatic hydroxyl groups excluding tert-OH is 1. The van der Waals surface area contributed by atoms with E-state index >= 15 is 0 Å². The van der Waals surface area contributed by atoms with Gasteiger partial charge in [0.05, 0.1) is 35.2 Å². The van der Waals surface area contributed by atoms with Gasteiger partial charge in [-0.3, -0.25) is 0 Å². The third-order valence-electron chi connectivity index (χ3n) is 3.56. The average molecular weight is 317 g/mol. The molecule has 0 radical (unpaired) electrons. The van der Waals surface area contributed by atoms with Crippen LogP contribution in [-0.4, -0.2) is 11.1 Å². The Balaban J connectivity index is 2.66. The molecule has 1 N–H and O–H groups in total. The van der Waals surface area contributed by atoms with Crippen LogP contribution in [0.1, 0.15) is 31.9 Å². The number of rotatable bonds is 1. The van der Waals surface area contributed by atoms with E-state index in [0.717, 1.165) is 5.56 Å². The highest BCUT2D eigenvalue weighted by atomic mass is 127. The third kappa shape index (κ3) is 1.47. The smallest absolute Gasteiger partial charge is 0.0685 e. The van der Waals surface area contributed by atoms with Crippen molar-refractivity contribution in [2.24, 2.45) is 0 Å². The Hall–Kier alpha value is -0.290. The minimum atomic E-state index is 0.107. The van der Waals surface area contributed by atoms with Gasteiger partial charge < -0.3 is 8.22 Å². The molecule has 1 aromatic rings. The highest BCUT2D eigenvalue weighted by molar-refractivity contribution is 14.1. The molecule has 15 heavy (non-hydrogen) atoms. The van der Waals surface area contributed by atoms with Crippen LogP contribution >= 0.6 is 22.9 Å². The predicted molar refractivity (Wildman–Crippen MR) is 71.4 cm³/mol. The number of aliphatic hydroxyl groups is 1. The minimum absolute atomic E-state index is 0.107. The van der Waals surface area contributed by atoms with E-state index in [2.05, 4.69) is 52.8 Å². The summed E-state index contributed by atoms with van der Waals surface area (Å²) >= 11 is 2.36. The van der Waals surface area contributed by atoms with Gasteiger partial charge in [0, 0.05) is 11.5 Å². The van der Waals surface area contributed by atoms with Crippen molar-refractivity contribution in [3.63, 3.8) is 0 Å². The van der Waals surface area contributed by atoms with Crippen LogP contribution in [0.25, 0.3) is 0 Å². The second kappa shape index (κ2) is 3.63. The van der Waals surface area contributed by atoms with Gasteiger partial charge in [0.1, 0.15) is 0 Å². The van der Waals surface area contributed by atoms with Crippen LogP contribution in [0.15, 0.2) is 18.2 Å². The summed E-state index contributed by atoms with van der Waals surface area (Å²) in [6.07, 6.45) is 0. The summed E-state index contributed by atoms with van der Waals surface area (Å²) in [5.41, 5.74) is 3.72. The Morgan fingerprint density at radius 3 is 2.73 bits per heavy atom. The Morgan fingerprint density at radius 1 is 1.47 bits per heavy atom. The molecule has 82 valence electrons. The number of hydrogen-bond donors (Lipinski definition) is 1. The van der Waals surface area contributed by atoms with Gasteiger partial charge in [0.25, 0.3) is 0 Å². The maximum absolute atomic E-state index is 9.39. The molecule has 1 unspecified atom stereocenters. The van der Waals surface area contributed by atoms with Gasteiger partial charge in [-0.2, -0.15) is 0 Å². The molecule has 0 fully saturated rings. The zero-order chi connectivity index (χ0) is 11.2. The van der Waals surface area contributed by atoms with Crippen LogP contribution < -0.4 is 3.11 Å². The van der Waals surface area contributed by atoms with Crippen molar-refractivity contribution >= 4 is 28.6 Å². The van der Waals surface area contributed by atoms with Gasteiger partial charge in [0.15, 0.2) is 0 Å². The van der Waals surface area contributed by atoms with Crippen LogP contribution in [0.5, 0.6) is 0 Å². The first kappa shape index (κ1) is 11.2. The Bertz CT molecular complexity index is 389. The van der Waals surface area contributed by atoms with Gasteiger partial charge in [-0.05, 0) is 24.1 Å². The highest BCUT2D eigenvalue weighted by Gasteiger charge is 2.42. The third-order valence-corrected chi connectivity index (χ3v) is 4.91. The zero-order valence-corrected chi connectivity index (χ0v) is 11.4. The zero-order valence-electron chi connectivity index (χ0n) is 9.29. The molecule has 0 saturated heterocycles. The molecule has 2 nitrogen and oxygen atoms in total. The van der Waals surface area contributed by atoms with Crippen LogP contribution in [-0.2, 0) is 12.0 Å². The van der Waals surface area contributed by atoms with Gasteiger partial charge in [-0.15, -0.1) is 0 Å². The van der Waals surface area contributed by atoms with Gasteiger partial charge in [-0.25, -0.2) is 0 Å². The molecule has 1 aliphatic heterocycles. The van der Waals surface area contributed by atoms with Gasteiger partial charge in [0.2, 0.25) is 0 Å². The highest BCUT2D eigenvalue weighted by Crippen LogP contribution is 2.48. The standard InChI is InChI=1S/C12H16INO/c1-8-12(2,3)11-9(7-15)5-4-6-10(11)14(8)13/h4-6,8,15H,7H2,1-3H3. The quantitative estimate of drug-likeness (QED) is 0.636. The summed E-state index contributed by atoms with van der Waals surface area (Å²) < 4.78 is 2.27. The normalized spacial score (nSPS) is 23.0. The number of benzene rings is 1. The lowest BCUT2D eigenvalue weighted by Crippen LogP contribution is -2.33. The Morgan fingerprint density at radius 2 is 2.13 bits per heavy atom. The Kier molecular flexibility index (Phi) is 2.71. The molecule has 0 spiro atoms. The summed E-state index contributed by atoms with van der Waals surface area (Å²) in [4.78, 5) is 0. The summed E-state index contributed by atoms with van der Waals surface area (Å²) in [5.74, 6) is 0. The molecule has 3 heteroatoms. The lowest BCUT2D eigenvalue weighted by atomic mass is 9.79. The molecule has 1 aromatic carbocycles. The summed E-state index contributed by atoms with van der Waals surface area (Å²) in [6.45, 7) is 6.85. The first-order chi connectivity index (χ1) is 7.00. The second-order valence-corrected chi connectivity index (χ2v) is 5.72. The fourth-order valence-corrected chi connectivity index (χ4v) is 3.44. The summed E-state index contributed by atoms with van der Waals surface area (Å²) in [7, 11) is 0. The molecule has 0 amide bonds. The van der Waals surface area contributed by atoms with E-state index in [1.165, 1.54) is 11.3 Å². The van der Waals surface area contributed by atoms with E-state index < -0.39 is 0 Å². The first-order valence-corrected chi connectivity index (χ1v) is 6.15. The van der Waals surface area contributed by atoms with Crippen molar-refractivity contribution in [3.05, 3.63) is 29.3 Å². The SMILES string of the molecule is CC1N(I)c2cccc(CO)c2C1(C)C. The van der Waals surface area contributed by atoms with Gasteiger partial charge >= 0.3 is 0 Å².